The molecule has 0 atom stereocenters. The van der Waals surface area contributed by atoms with E-state index in [-0.39, 0.29) is 5.82 Å². The van der Waals surface area contributed by atoms with Gasteiger partial charge in [0.1, 0.15) is 11.6 Å². The van der Waals surface area contributed by atoms with Crippen LogP contribution in [0.3, 0.4) is 0 Å². The maximum Gasteiger partial charge on any atom is 0.208 e. The molecule has 164 valence electrons. The first-order chi connectivity index (χ1) is 14.4. The van der Waals surface area contributed by atoms with Gasteiger partial charge in [0.2, 0.25) is 5.89 Å². The molecule has 7 heteroatoms. The molecule has 6 nitrogen and oxygen atoms in total. The highest BCUT2D eigenvalue weighted by Crippen LogP contribution is 2.20. The highest BCUT2D eigenvalue weighted by Gasteiger charge is 2.21. The molecule has 3 rings (SSSR count). The number of aryl methyl sites for hydroxylation is 2. The van der Waals surface area contributed by atoms with Gasteiger partial charge in [-0.2, -0.15) is 0 Å². The fourth-order valence-electron chi connectivity index (χ4n) is 3.75. The monoisotopic (exact) mass is 415 g/mol. The molecule has 1 aromatic heterocycles. The van der Waals surface area contributed by atoms with Crippen LogP contribution in [0.1, 0.15) is 42.7 Å². The van der Waals surface area contributed by atoms with Crippen LogP contribution in [0.2, 0.25) is 0 Å². The first kappa shape index (κ1) is 22.3. The van der Waals surface area contributed by atoms with Gasteiger partial charge in [0.05, 0.1) is 12.2 Å². The third-order valence-electron chi connectivity index (χ3n) is 5.67. The van der Waals surface area contributed by atoms with Crippen molar-refractivity contribution < 1.29 is 8.81 Å². The first-order valence-corrected chi connectivity index (χ1v) is 10.8. The predicted molar refractivity (Wildman–Crippen MR) is 118 cm³/mol. The smallest absolute Gasteiger partial charge is 0.208 e. The Kier molecular flexibility index (Phi) is 7.85. The lowest BCUT2D eigenvalue weighted by Gasteiger charge is -2.30. The van der Waals surface area contributed by atoms with E-state index >= 15 is 0 Å². The van der Waals surface area contributed by atoms with E-state index in [0.717, 1.165) is 74.4 Å². The number of nitrogens with zero attached hydrogens (tertiary/aromatic N) is 4. The van der Waals surface area contributed by atoms with E-state index in [4.69, 9.17) is 9.41 Å². The van der Waals surface area contributed by atoms with Crippen LogP contribution in [0.15, 0.2) is 33.7 Å². The molecule has 1 aromatic carbocycles. The van der Waals surface area contributed by atoms with Crippen molar-refractivity contribution in [2.45, 2.75) is 46.7 Å². The number of oxazole rings is 1. The van der Waals surface area contributed by atoms with Crippen LogP contribution in [-0.4, -0.2) is 54.0 Å². The summed E-state index contributed by atoms with van der Waals surface area (Å²) in [5.74, 6) is 3.01. The van der Waals surface area contributed by atoms with E-state index in [1.807, 2.05) is 33.0 Å². The van der Waals surface area contributed by atoms with Crippen LogP contribution in [0.5, 0.6) is 0 Å². The standard InChI is InChI=1S/C23H34FN5O/c1-5-25-23(28(4)15-20-6-8-21(24)9-7-20)26-14-19-10-12-29(13-11-19)16-22-27-17(2)18(3)30-22/h6-9,19H,5,10-16H2,1-4H3,(H,25,26). The van der Waals surface area contributed by atoms with Crippen LogP contribution in [0.4, 0.5) is 4.39 Å². The first-order valence-electron chi connectivity index (χ1n) is 10.8. The maximum atomic E-state index is 13.1. The van der Waals surface area contributed by atoms with Gasteiger partial charge in [-0.25, -0.2) is 9.37 Å². The average molecular weight is 416 g/mol. The number of halogens is 1. The molecule has 1 saturated heterocycles. The number of likely N-dealkylation sites (tertiary alicyclic amines) is 1. The molecule has 2 heterocycles. The molecule has 1 aliphatic rings. The Morgan fingerprint density at radius 3 is 2.57 bits per heavy atom. The summed E-state index contributed by atoms with van der Waals surface area (Å²) >= 11 is 0. The zero-order valence-corrected chi connectivity index (χ0v) is 18.6. The van der Waals surface area contributed by atoms with Gasteiger partial charge in [0.15, 0.2) is 5.96 Å². The van der Waals surface area contributed by atoms with Crippen molar-refractivity contribution in [1.29, 1.82) is 0 Å². The highest BCUT2D eigenvalue weighted by molar-refractivity contribution is 5.79. The molecule has 1 fully saturated rings. The van der Waals surface area contributed by atoms with Crippen molar-refractivity contribution in [2.24, 2.45) is 10.9 Å². The van der Waals surface area contributed by atoms with E-state index in [1.165, 1.54) is 12.1 Å². The number of piperidine rings is 1. The zero-order valence-electron chi connectivity index (χ0n) is 18.6. The molecule has 0 aliphatic carbocycles. The lowest BCUT2D eigenvalue weighted by atomic mass is 9.97. The van der Waals surface area contributed by atoms with Crippen molar-refractivity contribution >= 4 is 5.96 Å². The second-order valence-corrected chi connectivity index (χ2v) is 8.15. The lowest BCUT2D eigenvalue weighted by molar-refractivity contribution is 0.166. The minimum atomic E-state index is -0.207. The second-order valence-electron chi connectivity index (χ2n) is 8.15. The molecular formula is C23H34FN5O. The number of benzene rings is 1. The highest BCUT2D eigenvalue weighted by atomic mass is 19.1. The largest absolute Gasteiger partial charge is 0.444 e. The fourth-order valence-corrected chi connectivity index (χ4v) is 3.75. The number of hydrogen-bond acceptors (Lipinski definition) is 4. The van der Waals surface area contributed by atoms with Crippen LogP contribution < -0.4 is 5.32 Å². The Labute approximate surface area is 179 Å². The number of aromatic nitrogens is 1. The average Bonchev–Trinajstić information content (AvgIpc) is 3.04. The van der Waals surface area contributed by atoms with Crippen molar-refractivity contribution in [3.63, 3.8) is 0 Å². The van der Waals surface area contributed by atoms with Crippen molar-refractivity contribution in [3.8, 4) is 0 Å². The van der Waals surface area contributed by atoms with E-state index in [0.29, 0.717) is 12.5 Å². The summed E-state index contributed by atoms with van der Waals surface area (Å²) in [6.07, 6.45) is 2.26. The molecule has 0 spiro atoms. The summed E-state index contributed by atoms with van der Waals surface area (Å²) in [6.45, 7) is 11.2. The number of guanidine groups is 1. The molecule has 1 N–H and O–H groups in total. The Bertz CT molecular complexity index is 805. The molecule has 0 unspecified atom stereocenters. The fraction of sp³-hybridized carbons (Fsp3) is 0.565. The van der Waals surface area contributed by atoms with E-state index in [1.54, 1.807) is 0 Å². The van der Waals surface area contributed by atoms with Crippen LogP contribution in [-0.2, 0) is 13.1 Å². The van der Waals surface area contributed by atoms with Gasteiger partial charge in [-0.15, -0.1) is 0 Å². The number of hydrogen-bond donors (Lipinski definition) is 1. The topological polar surface area (TPSA) is 56.9 Å². The summed E-state index contributed by atoms with van der Waals surface area (Å²) in [5.41, 5.74) is 2.05. The second kappa shape index (κ2) is 10.6. The number of nitrogens with one attached hydrogen (secondary N) is 1. The third-order valence-corrected chi connectivity index (χ3v) is 5.67. The normalized spacial score (nSPS) is 16.1. The predicted octanol–water partition coefficient (Wildman–Crippen LogP) is 3.74. The summed E-state index contributed by atoms with van der Waals surface area (Å²) in [5, 5.41) is 3.37. The molecule has 30 heavy (non-hydrogen) atoms. The van der Waals surface area contributed by atoms with Crippen LogP contribution >= 0.6 is 0 Å². The summed E-state index contributed by atoms with van der Waals surface area (Å²) in [4.78, 5) is 13.9. The molecule has 0 amide bonds. The Hall–Kier alpha value is -2.41. The minimum Gasteiger partial charge on any atom is -0.444 e. The van der Waals surface area contributed by atoms with Gasteiger partial charge >= 0.3 is 0 Å². The van der Waals surface area contributed by atoms with Gasteiger partial charge in [-0.3, -0.25) is 9.89 Å². The molecule has 1 aliphatic heterocycles. The Morgan fingerprint density at radius 2 is 1.97 bits per heavy atom. The number of aliphatic imine (C=N–C) groups is 1. The lowest BCUT2D eigenvalue weighted by Crippen LogP contribution is -2.39. The zero-order chi connectivity index (χ0) is 21.5. The minimum absolute atomic E-state index is 0.207. The van der Waals surface area contributed by atoms with Crippen LogP contribution in [0.25, 0.3) is 0 Å². The van der Waals surface area contributed by atoms with Gasteiger partial charge in [-0.1, -0.05) is 12.1 Å². The maximum absolute atomic E-state index is 13.1. The molecule has 2 aromatic rings. The third kappa shape index (κ3) is 6.29. The van der Waals surface area contributed by atoms with Crippen LogP contribution in [0, 0.1) is 25.6 Å². The Balaban J connectivity index is 1.49. The summed E-state index contributed by atoms with van der Waals surface area (Å²) in [7, 11) is 2.02. The molecule has 0 bridgehead atoms. The summed E-state index contributed by atoms with van der Waals surface area (Å²) in [6, 6.07) is 6.65. The van der Waals surface area contributed by atoms with E-state index < -0.39 is 0 Å². The number of rotatable bonds is 7. The van der Waals surface area contributed by atoms with E-state index in [9.17, 15) is 4.39 Å². The van der Waals surface area contributed by atoms with Crippen molar-refractivity contribution in [3.05, 3.63) is 53.0 Å². The molecular weight excluding hydrogens is 381 g/mol. The Morgan fingerprint density at radius 1 is 1.27 bits per heavy atom. The van der Waals surface area contributed by atoms with E-state index in [2.05, 4.69) is 27.0 Å². The summed E-state index contributed by atoms with van der Waals surface area (Å²) < 4.78 is 18.9. The van der Waals surface area contributed by atoms with Crippen molar-refractivity contribution in [1.82, 2.24) is 20.1 Å². The van der Waals surface area contributed by atoms with Gasteiger partial charge in [-0.05, 0) is 70.3 Å². The quantitative estimate of drug-likeness (QED) is 0.551. The van der Waals surface area contributed by atoms with Gasteiger partial charge < -0.3 is 14.6 Å². The molecule has 0 radical (unpaired) electrons. The van der Waals surface area contributed by atoms with Gasteiger partial charge in [0, 0.05) is 26.7 Å². The van der Waals surface area contributed by atoms with Gasteiger partial charge in [0.25, 0.3) is 0 Å². The SMILES string of the molecule is CCNC(=NCC1CCN(Cc2nc(C)c(C)o2)CC1)N(C)Cc1ccc(F)cc1. The molecule has 0 saturated carbocycles. The van der Waals surface area contributed by atoms with Crippen molar-refractivity contribution in [2.75, 3.05) is 33.2 Å².